The van der Waals surface area contributed by atoms with E-state index in [1.54, 1.807) is 0 Å². The van der Waals surface area contributed by atoms with Gasteiger partial charge in [0.05, 0.1) is 29.8 Å². The molecule has 7 rings (SSSR count). The molecule has 0 aromatic carbocycles. The summed E-state index contributed by atoms with van der Waals surface area (Å²) in [5.74, 6) is 2.78. The highest BCUT2D eigenvalue weighted by molar-refractivity contribution is 8.01. The highest BCUT2D eigenvalue weighted by Crippen LogP contribution is 2.62. The minimum atomic E-state index is 0.181. The van der Waals surface area contributed by atoms with Crippen molar-refractivity contribution in [3.05, 3.63) is 48.3 Å². The van der Waals surface area contributed by atoms with E-state index in [4.69, 9.17) is 13.6 Å². The molecule has 0 aliphatic carbocycles. The summed E-state index contributed by atoms with van der Waals surface area (Å²) in [6, 6.07) is 6.64. The van der Waals surface area contributed by atoms with Gasteiger partial charge in [-0.05, 0) is 94.1 Å². The maximum Gasteiger partial charge on any atom is 0.126 e. The van der Waals surface area contributed by atoms with Crippen LogP contribution in [0.5, 0.6) is 0 Å². The number of ether oxygens (including phenoxy) is 1. The van der Waals surface area contributed by atoms with Gasteiger partial charge < -0.3 is 13.6 Å². The zero-order chi connectivity index (χ0) is 25.9. The molecular formula is C32H46N2O3S. The highest BCUT2D eigenvalue weighted by Gasteiger charge is 2.61. The van der Waals surface area contributed by atoms with Crippen LogP contribution in [0.1, 0.15) is 102 Å². The molecule has 9 atom stereocenters. The van der Waals surface area contributed by atoms with E-state index in [2.05, 4.69) is 54.5 Å². The molecule has 5 saturated heterocycles. The molecule has 0 unspecified atom stereocenters. The normalized spacial score (nSPS) is 43.9. The van der Waals surface area contributed by atoms with Gasteiger partial charge in [-0.15, -0.1) is 0 Å². The van der Waals surface area contributed by atoms with E-state index in [1.807, 2.05) is 25.1 Å². The molecule has 5 fully saturated rings. The van der Waals surface area contributed by atoms with E-state index >= 15 is 0 Å². The van der Waals surface area contributed by atoms with Gasteiger partial charge in [0, 0.05) is 54.2 Å². The van der Waals surface area contributed by atoms with Crippen molar-refractivity contribution in [2.75, 3.05) is 18.9 Å². The van der Waals surface area contributed by atoms with Gasteiger partial charge in [0.25, 0.3) is 0 Å². The van der Waals surface area contributed by atoms with Gasteiger partial charge in [0.15, 0.2) is 0 Å². The summed E-state index contributed by atoms with van der Waals surface area (Å²) < 4.78 is 18.2. The predicted octanol–water partition coefficient (Wildman–Crippen LogP) is 7.67. The molecule has 208 valence electrons. The molecule has 5 nitrogen and oxygen atoms in total. The summed E-state index contributed by atoms with van der Waals surface area (Å²) in [7, 11) is 0. The fourth-order valence-electron chi connectivity index (χ4n) is 9.42. The number of furan rings is 2. The first-order chi connectivity index (χ1) is 18.5. The van der Waals surface area contributed by atoms with Crippen molar-refractivity contribution in [1.29, 1.82) is 0 Å². The lowest BCUT2D eigenvalue weighted by molar-refractivity contribution is -0.168. The zero-order valence-electron chi connectivity index (χ0n) is 23.5. The Bertz CT molecular complexity index is 1070. The smallest absolute Gasteiger partial charge is 0.126 e. The maximum absolute atomic E-state index is 6.85. The fraction of sp³-hybridized carbons (Fsp3) is 0.750. The predicted molar refractivity (Wildman–Crippen MR) is 152 cm³/mol. The first kappa shape index (κ1) is 25.7. The topological polar surface area (TPSA) is 42.0 Å². The van der Waals surface area contributed by atoms with Crippen LogP contribution in [0.4, 0.5) is 0 Å². The van der Waals surface area contributed by atoms with Gasteiger partial charge in [0.1, 0.15) is 6.23 Å². The first-order valence-electron chi connectivity index (χ1n) is 15.4. The second-order valence-electron chi connectivity index (χ2n) is 13.4. The third-order valence-corrected chi connectivity index (χ3v) is 13.1. The SMILES string of the molecule is CCO[C@@H]1N2[C@H](c3ccoc3)CC[C@@H](C)[C@@H]2CC[C@]12C[C@]1(CC[C@H]3[C@H](C)CC[C@@H](c4ccoc4)N3C1)CS2. The molecule has 0 saturated carbocycles. The van der Waals surface area contributed by atoms with Gasteiger partial charge in [-0.25, -0.2) is 0 Å². The second kappa shape index (κ2) is 10.0. The molecule has 0 radical (unpaired) electrons. The van der Waals surface area contributed by atoms with E-state index < -0.39 is 0 Å². The number of hydrogen-bond donors (Lipinski definition) is 0. The summed E-state index contributed by atoms with van der Waals surface area (Å²) >= 11 is 2.28. The zero-order valence-corrected chi connectivity index (χ0v) is 24.3. The molecule has 0 bridgehead atoms. The van der Waals surface area contributed by atoms with Gasteiger partial charge in [-0.2, -0.15) is 11.8 Å². The van der Waals surface area contributed by atoms with Crippen molar-refractivity contribution in [2.45, 2.75) is 114 Å². The Morgan fingerprint density at radius 1 is 0.895 bits per heavy atom. The van der Waals surface area contributed by atoms with Crippen LogP contribution in [0.3, 0.4) is 0 Å². The Hall–Kier alpha value is -1.21. The Morgan fingerprint density at radius 3 is 2.29 bits per heavy atom. The van der Waals surface area contributed by atoms with E-state index in [-0.39, 0.29) is 11.0 Å². The molecule has 2 aromatic rings. The lowest BCUT2D eigenvalue weighted by Gasteiger charge is -2.58. The number of nitrogens with zero attached hydrogens (tertiary/aromatic N) is 2. The standard InChI is InChI=1S/C32H46N2O3S/c1-4-37-30-32(14-10-27-23(3)6-8-29(34(27)30)25-12-16-36-18-25)19-31(21-38-32)13-9-26-22(2)5-7-28(33(26)20-31)24-11-15-35-17-24/h11-12,15-18,22-23,26-30H,4-10,13-14,19-21H2,1-3H3/t22-,23-,26+,27+,28+,29+,30+,31+,32+/m1/s1. The Kier molecular flexibility index (Phi) is 6.78. The lowest BCUT2D eigenvalue weighted by atomic mass is 9.66. The minimum Gasteiger partial charge on any atom is -0.472 e. The van der Waals surface area contributed by atoms with Crippen LogP contribution in [0.25, 0.3) is 0 Å². The third kappa shape index (κ3) is 4.15. The van der Waals surface area contributed by atoms with Crippen molar-refractivity contribution in [2.24, 2.45) is 17.3 Å². The van der Waals surface area contributed by atoms with Gasteiger partial charge in [-0.1, -0.05) is 13.8 Å². The van der Waals surface area contributed by atoms with Gasteiger partial charge in [-0.3, -0.25) is 9.80 Å². The minimum absolute atomic E-state index is 0.181. The van der Waals surface area contributed by atoms with E-state index in [0.717, 1.165) is 18.4 Å². The lowest BCUT2D eigenvalue weighted by Crippen LogP contribution is -2.64. The van der Waals surface area contributed by atoms with E-state index in [0.29, 0.717) is 29.6 Å². The highest BCUT2D eigenvalue weighted by atomic mass is 32.2. The average Bonchev–Trinajstić information content (AvgIpc) is 3.70. The number of hydrogen-bond acceptors (Lipinski definition) is 6. The molecule has 38 heavy (non-hydrogen) atoms. The number of piperidine rings is 4. The number of rotatable bonds is 4. The summed E-state index contributed by atoms with van der Waals surface area (Å²) in [5.41, 5.74) is 3.11. The molecule has 2 spiro atoms. The first-order valence-corrected chi connectivity index (χ1v) is 16.3. The summed E-state index contributed by atoms with van der Waals surface area (Å²) in [6.07, 6.45) is 19.6. The van der Waals surface area contributed by atoms with Crippen LogP contribution in [0, 0.1) is 17.3 Å². The molecule has 7 heterocycles. The van der Waals surface area contributed by atoms with Crippen molar-refractivity contribution in [3.8, 4) is 0 Å². The summed E-state index contributed by atoms with van der Waals surface area (Å²) in [6.45, 7) is 9.18. The van der Waals surface area contributed by atoms with Crippen molar-refractivity contribution >= 4 is 11.8 Å². The van der Waals surface area contributed by atoms with Crippen LogP contribution in [-0.4, -0.2) is 51.8 Å². The maximum atomic E-state index is 6.85. The van der Waals surface area contributed by atoms with Crippen LogP contribution >= 0.6 is 11.8 Å². The molecule has 5 aliphatic rings. The molecule has 0 N–H and O–H groups in total. The molecule has 2 aromatic heterocycles. The van der Waals surface area contributed by atoms with Crippen LogP contribution < -0.4 is 0 Å². The Balaban J connectivity index is 1.19. The van der Waals surface area contributed by atoms with Gasteiger partial charge in [0.2, 0.25) is 0 Å². The van der Waals surface area contributed by atoms with E-state index in [9.17, 15) is 0 Å². The van der Waals surface area contributed by atoms with Crippen molar-refractivity contribution in [3.63, 3.8) is 0 Å². The van der Waals surface area contributed by atoms with E-state index in [1.165, 1.54) is 81.2 Å². The monoisotopic (exact) mass is 538 g/mol. The van der Waals surface area contributed by atoms with Crippen LogP contribution in [0.15, 0.2) is 46.0 Å². The molecular weight excluding hydrogens is 492 g/mol. The average molecular weight is 539 g/mol. The molecule has 5 aliphatic heterocycles. The Labute approximate surface area is 233 Å². The largest absolute Gasteiger partial charge is 0.472 e. The van der Waals surface area contributed by atoms with Crippen LogP contribution in [-0.2, 0) is 4.74 Å². The fourth-order valence-corrected chi connectivity index (χ4v) is 11.4. The van der Waals surface area contributed by atoms with Crippen molar-refractivity contribution < 1.29 is 13.6 Å². The number of thioether (sulfide) groups is 1. The Morgan fingerprint density at radius 2 is 1.58 bits per heavy atom. The number of fused-ring (bicyclic) bond motifs is 2. The van der Waals surface area contributed by atoms with Crippen molar-refractivity contribution in [1.82, 2.24) is 9.80 Å². The third-order valence-electron chi connectivity index (χ3n) is 11.3. The molecule has 6 heteroatoms. The molecule has 0 amide bonds. The van der Waals surface area contributed by atoms with Crippen LogP contribution in [0.2, 0.25) is 0 Å². The second-order valence-corrected chi connectivity index (χ2v) is 14.8. The summed E-state index contributed by atoms with van der Waals surface area (Å²) in [5, 5.41) is 0. The quantitative estimate of drug-likeness (QED) is 0.398. The van der Waals surface area contributed by atoms with Gasteiger partial charge >= 0.3 is 0 Å². The summed E-state index contributed by atoms with van der Waals surface area (Å²) in [4.78, 5) is 5.75.